The van der Waals surface area contributed by atoms with Gasteiger partial charge in [0.1, 0.15) is 4.84 Å². The van der Waals surface area contributed by atoms with Gasteiger partial charge >= 0.3 is 0 Å². The smallest absolute Gasteiger partial charge is 0.136 e. The first-order chi connectivity index (χ1) is 4.54. The van der Waals surface area contributed by atoms with Gasteiger partial charge in [-0.2, -0.15) is 0 Å². The van der Waals surface area contributed by atoms with Crippen LogP contribution in [0.1, 0.15) is 26.7 Å². The van der Waals surface area contributed by atoms with Gasteiger partial charge in [0, 0.05) is 0 Å². The molecule has 0 aromatic rings. The maximum absolute atomic E-state index is 5.73. The van der Waals surface area contributed by atoms with Crippen LogP contribution in [0.3, 0.4) is 0 Å². The second kappa shape index (κ2) is 2.88. The molecule has 3 heteroatoms. The molecule has 1 heterocycles. The van der Waals surface area contributed by atoms with E-state index in [-0.39, 0.29) is 5.60 Å². The van der Waals surface area contributed by atoms with E-state index in [1.54, 1.807) is 0 Å². The van der Waals surface area contributed by atoms with Crippen molar-refractivity contribution in [3.05, 3.63) is 0 Å². The molecule has 0 amide bonds. The van der Waals surface area contributed by atoms with E-state index in [2.05, 4.69) is 0 Å². The minimum absolute atomic E-state index is 0.303. The topological polar surface area (TPSA) is 9.23 Å². The third-order valence-corrected chi connectivity index (χ3v) is 2.90. The lowest BCUT2D eigenvalue weighted by Gasteiger charge is -2.24. The largest absolute Gasteiger partial charge is 0.370 e. The number of ether oxygens (including phenoxy) is 1. The zero-order valence-corrected chi connectivity index (χ0v) is 7.74. The van der Waals surface area contributed by atoms with E-state index in [4.69, 9.17) is 27.9 Å². The van der Waals surface area contributed by atoms with Crippen molar-refractivity contribution >= 4 is 23.2 Å². The Morgan fingerprint density at radius 2 is 2.20 bits per heavy atom. The molecule has 1 nitrogen and oxygen atoms in total. The highest BCUT2D eigenvalue weighted by Crippen LogP contribution is 2.36. The fourth-order valence-electron chi connectivity index (χ4n) is 1.23. The summed E-state index contributed by atoms with van der Waals surface area (Å²) in [6.07, 6.45) is 2.34. The molecular weight excluding hydrogens is 171 g/mol. The molecule has 1 fully saturated rings. The van der Waals surface area contributed by atoms with E-state index in [1.165, 1.54) is 0 Å². The Bertz CT molecular complexity index is 127. The van der Waals surface area contributed by atoms with Crippen LogP contribution >= 0.6 is 23.2 Å². The maximum Gasteiger partial charge on any atom is 0.136 e. The summed E-state index contributed by atoms with van der Waals surface area (Å²) in [4.78, 5) is -0.405. The van der Waals surface area contributed by atoms with Gasteiger partial charge < -0.3 is 4.74 Å². The van der Waals surface area contributed by atoms with Crippen LogP contribution in [0.25, 0.3) is 0 Å². The van der Waals surface area contributed by atoms with Crippen molar-refractivity contribution in [3.63, 3.8) is 0 Å². The molecule has 0 spiro atoms. The quantitative estimate of drug-likeness (QED) is 0.568. The molecule has 1 saturated heterocycles. The third kappa shape index (κ3) is 1.58. The van der Waals surface area contributed by atoms with Gasteiger partial charge in [-0.3, -0.25) is 0 Å². The van der Waals surface area contributed by atoms with E-state index < -0.39 is 4.84 Å². The molecule has 0 saturated carbocycles. The summed E-state index contributed by atoms with van der Waals surface area (Å²) >= 11 is 11.5. The normalized spacial score (nSPS) is 41.1. The molecule has 1 rings (SSSR count). The first kappa shape index (κ1) is 8.63. The second-order valence-corrected chi connectivity index (χ2v) is 4.18. The number of hydrogen-bond acceptors (Lipinski definition) is 1. The highest BCUT2D eigenvalue weighted by molar-refractivity contribution is 6.45. The Labute approximate surface area is 71.6 Å². The van der Waals surface area contributed by atoms with Crippen molar-refractivity contribution < 1.29 is 4.74 Å². The second-order valence-electron chi connectivity index (χ2n) is 3.08. The van der Waals surface area contributed by atoms with E-state index >= 15 is 0 Å². The van der Waals surface area contributed by atoms with Crippen LogP contribution in [0.5, 0.6) is 0 Å². The zero-order chi connectivity index (χ0) is 7.78. The van der Waals surface area contributed by atoms with Crippen LogP contribution in [0.2, 0.25) is 0 Å². The molecule has 1 aliphatic heterocycles. The summed E-state index contributed by atoms with van der Waals surface area (Å²) in [5, 5.41) is 0. The van der Waals surface area contributed by atoms with Crippen molar-refractivity contribution in [1.82, 2.24) is 0 Å². The van der Waals surface area contributed by atoms with Crippen LogP contribution in [0.15, 0.2) is 0 Å². The molecule has 0 aromatic carbocycles. The minimum atomic E-state index is -0.405. The predicted octanol–water partition coefficient (Wildman–Crippen LogP) is 2.75. The van der Waals surface area contributed by atoms with Gasteiger partial charge in [0.25, 0.3) is 0 Å². The van der Waals surface area contributed by atoms with Crippen molar-refractivity contribution in [2.75, 3.05) is 0 Å². The molecule has 0 radical (unpaired) electrons. The SMILES string of the molecule is CC1CCC(C)(C(Cl)Cl)O1. The van der Waals surface area contributed by atoms with Gasteiger partial charge in [0.05, 0.1) is 11.7 Å². The molecule has 0 aromatic heterocycles. The van der Waals surface area contributed by atoms with E-state index in [0.717, 1.165) is 12.8 Å². The molecule has 0 N–H and O–H groups in total. The highest BCUT2D eigenvalue weighted by atomic mass is 35.5. The van der Waals surface area contributed by atoms with Crippen molar-refractivity contribution in [3.8, 4) is 0 Å². The maximum atomic E-state index is 5.73. The highest BCUT2D eigenvalue weighted by Gasteiger charge is 2.39. The Kier molecular flexibility index (Phi) is 2.49. The van der Waals surface area contributed by atoms with Crippen molar-refractivity contribution in [2.45, 2.75) is 43.2 Å². The van der Waals surface area contributed by atoms with E-state index in [0.29, 0.717) is 6.10 Å². The number of hydrogen-bond donors (Lipinski definition) is 0. The van der Waals surface area contributed by atoms with Crippen LogP contribution in [-0.2, 0) is 4.74 Å². The molecule has 10 heavy (non-hydrogen) atoms. The fraction of sp³-hybridized carbons (Fsp3) is 1.00. The molecule has 0 aliphatic carbocycles. The average molecular weight is 183 g/mol. The molecule has 0 bridgehead atoms. The number of halogens is 2. The summed E-state index contributed by atoms with van der Waals surface area (Å²) in [7, 11) is 0. The standard InChI is InChI=1S/C7H12Cl2O/c1-5-3-4-7(2,10-5)6(8)9/h5-6H,3-4H2,1-2H3. The Morgan fingerprint density at radius 3 is 2.40 bits per heavy atom. The van der Waals surface area contributed by atoms with Gasteiger partial charge in [-0.05, 0) is 26.7 Å². The fourth-order valence-corrected chi connectivity index (χ4v) is 1.55. The molecule has 60 valence electrons. The lowest BCUT2D eigenvalue weighted by molar-refractivity contribution is -0.0107. The molecule has 2 unspecified atom stereocenters. The van der Waals surface area contributed by atoms with E-state index in [1.807, 2.05) is 13.8 Å². The number of alkyl halides is 2. The lowest BCUT2D eigenvalue weighted by atomic mass is 10.1. The Morgan fingerprint density at radius 1 is 1.60 bits per heavy atom. The lowest BCUT2D eigenvalue weighted by Crippen LogP contribution is -2.31. The first-order valence-electron chi connectivity index (χ1n) is 3.50. The zero-order valence-electron chi connectivity index (χ0n) is 6.23. The van der Waals surface area contributed by atoms with Gasteiger partial charge in [-0.15, -0.1) is 23.2 Å². The molecule has 2 atom stereocenters. The Hall–Kier alpha value is 0.540. The van der Waals surface area contributed by atoms with Crippen LogP contribution in [-0.4, -0.2) is 16.5 Å². The Balaban J connectivity index is 2.54. The molecular formula is C7H12Cl2O. The van der Waals surface area contributed by atoms with Gasteiger partial charge in [-0.25, -0.2) is 0 Å². The summed E-state index contributed by atoms with van der Waals surface area (Å²) in [5.74, 6) is 0. The minimum Gasteiger partial charge on any atom is -0.370 e. The van der Waals surface area contributed by atoms with Crippen LogP contribution in [0.4, 0.5) is 0 Å². The third-order valence-electron chi connectivity index (χ3n) is 1.98. The first-order valence-corrected chi connectivity index (χ1v) is 4.38. The van der Waals surface area contributed by atoms with Crippen LogP contribution in [0, 0.1) is 0 Å². The van der Waals surface area contributed by atoms with Crippen LogP contribution < -0.4 is 0 Å². The summed E-state index contributed by atoms with van der Waals surface area (Å²) in [5.41, 5.74) is -0.303. The number of rotatable bonds is 1. The molecule has 1 aliphatic rings. The van der Waals surface area contributed by atoms with Crippen molar-refractivity contribution in [2.24, 2.45) is 0 Å². The van der Waals surface area contributed by atoms with Crippen molar-refractivity contribution in [1.29, 1.82) is 0 Å². The predicted molar refractivity (Wildman–Crippen MR) is 43.7 cm³/mol. The summed E-state index contributed by atoms with van der Waals surface area (Å²) in [6, 6.07) is 0. The summed E-state index contributed by atoms with van der Waals surface area (Å²) in [6.45, 7) is 4.00. The van der Waals surface area contributed by atoms with Gasteiger partial charge in [0.15, 0.2) is 0 Å². The average Bonchev–Trinajstić information content (AvgIpc) is 2.13. The van der Waals surface area contributed by atoms with Gasteiger partial charge in [-0.1, -0.05) is 0 Å². The van der Waals surface area contributed by atoms with Gasteiger partial charge in [0.2, 0.25) is 0 Å². The summed E-state index contributed by atoms with van der Waals surface area (Å²) < 4.78 is 5.55. The van der Waals surface area contributed by atoms with E-state index in [9.17, 15) is 0 Å². The monoisotopic (exact) mass is 182 g/mol.